The van der Waals surface area contributed by atoms with Crippen LogP contribution in [0.25, 0.3) is 0 Å². The number of benzene rings is 1. The molecule has 0 spiro atoms. The zero-order valence-corrected chi connectivity index (χ0v) is 9.13. The number of nitrogens with two attached hydrogens (primary N) is 1. The molecule has 0 radical (unpaired) electrons. The van der Waals surface area contributed by atoms with E-state index in [0.29, 0.717) is 17.9 Å². The molecule has 3 N–H and O–H groups in total. The van der Waals surface area contributed by atoms with Gasteiger partial charge in [0.25, 0.3) is 0 Å². The minimum atomic E-state index is -0.758. The normalized spacial score (nSPS) is 26.6. The van der Waals surface area contributed by atoms with Gasteiger partial charge >= 0.3 is 5.97 Å². The van der Waals surface area contributed by atoms with Gasteiger partial charge in [0.15, 0.2) is 11.5 Å². The van der Waals surface area contributed by atoms with E-state index in [4.69, 9.17) is 20.3 Å². The molecule has 1 saturated carbocycles. The van der Waals surface area contributed by atoms with Crippen LogP contribution in [0.3, 0.4) is 0 Å². The molecule has 90 valence electrons. The molecule has 0 amide bonds. The van der Waals surface area contributed by atoms with Gasteiger partial charge in [-0.15, -0.1) is 0 Å². The van der Waals surface area contributed by atoms with Gasteiger partial charge in [-0.2, -0.15) is 0 Å². The largest absolute Gasteiger partial charge is 0.481 e. The third-order valence-corrected chi connectivity index (χ3v) is 3.40. The molecule has 1 aliphatic carbocycles. The van der Waals surface area contributed by atoms with Gasteiger partial charge in [-0.1, -0.05) is 6.07 Å². The van der Waals surface area contributed by atoms with Gasteiger partial charge in [0.2, 0.25) is 6.79 Å². The van der Waals surface area contributed by atoms with E-state index >= 15 is 0 Å². The number of hydrogen-bond acceptors (Lipinski definition) is 4. The second-order valence-corrected chi connectivity index (χ2v) is 4.48. The van der Waals surface area contributed by atoms with Crippen LogP contribution < -0.4 is 15.2 Å². The highest BCUT2D eigenvalue weighted by Gasteiger charge is 2.47. The lowest BCUT2D eigenvalue weighted by molar-refractivity contribution is -0.138. The van der Waals surface area contributed by atoms with Gasteiger partial charge in [0.05, 0.1) is 5.92 Å². The Morgan fingerprint density at radius 3 is 2.88 bits per heavy atom. The Kier molecular flexibility index (Phi) is 2.22. The zero-order chi connectivity index (χ0) is 12.0. The highest BCUT2D eigenvalue weighted by Crippen LogP contribution is 2.47. The number of rotatable bonds is 3. The first-order valence-corrected chi connectivity index (χ1v) is 5.55. The van der Waals surface area contributed by atoms with E-state index in [9.17, 15) is 4.79 Å². The summed E-state index contributed by atoms with van der Waals surface area (Å²) in [4.78, 5) is 10.8. The molecule has 3 unspecified atom stereocenters. The molecule has 1 aromatic carbocycles. The number of carboxylic acid groups (broad SMARTS) is 1. The Hall–Kier alpha value is -1.75. The van der Waals surface area contributed by atoms with Gasteiger partial charge < -0.3 is 20.3 Å². The summed E-state index contributed by atoms with van der Waals surface area (Å²) in [6.45, 7) is 0.231. The maximum atomic E-state index is 10.8. The summed E-state index contributed by atoms with van der Waals surface area (Å²) < 4.78 is 10.5. The van der Waals surface area contributed by atoms with Crippen LogP contribution in [0, 0.1) is 11.8 Å². The Morgan fingerprint density at radius 2 is 2.18 bits per heavy atom. The van der Waals surface area contributed by atoms with Crippen LogP contribution in [0.15, 0.2) is 18.2 Å². The third kappa shape index (κ3) is 1.72. The Bertz CT molecular complexity index is 474. The molecular formula is C12H13NO4. The van der Waals surface area contributed by atoms with Crippen molar-refractivity contribution < 1.29 is 19.4 Å². The van der Waals surface area contributed by atoms with Crippen molar-refractivity contribution in [3.63, 3.8) is 0 Å². The molecule has 1 aromatic rings. The topological polar surface area (TPSA) is 81.8 Å². The molecule has 3 rings (SSSR count). The van der Waals surface area contributed by atoms with Crippen molar-refractivity contribution in [2.75, 3.05) is 6.79 Å². The van der Waals surface area contributed by atoms with Gasteiger partial charge in [-0.05, 0) is 30.0 Å². The fourth-order valence-corrected chi connectivity index (χ4v) is 2.26. The molecule has 5 heteroatoms. The standard InChI is InChI=1S/C12H13NO4/c13-11(7-4-8(7)12(14)15)6-1-2-9-10(3-6)17-5-16-9/h1-3,7-8,11H,4-5,13H2,(H,14,15). The first-order chi connectivity index (χ1) is 8.16. The van der Waals surface area contributed by atoms with Crippen LogP contribution in [0.5, 0.6) is 11.5 Å². The van der Waals surface area contributed by atoms with E-state index in [-0.39, 0.29) is 24.7 Å². The van der Waals surface area contributed by atoms with E-state index in [1.54, 1.807) is 0 Å². The maximum absolute atomic E-state index is 10.8. The predicted molar refractivity (Wildman–Crippen MR) is 58.7 cm³/mol. The van der Waals surface area contributed by atoms with Crippen molar-refractivity contribution in [1.82, 2.24) is 0 Å². The maximum Gasteiger partial charge on any atom is 0.306 e. The van der Waals surface area contributed by atoms with Gasteiger partial charge in [0, 0.05) is 6.04 Å². The minimum Gasteiger partial charge on any atom is -0.481 e. The van der Waals surface area contributed by atoms with Crippen molar-refractivity contribution in [3.8, 4) is 11.5 Å². The van der Waals surface area contributed by atoms with E-state index in [2.05, 4.69) is 0 Å². The molecule has 2 aliphatic rings. The number of carboxylic acids is 1. The summed E-state index contributed by atoms with van der Waals surface area (Å²) in [6, 6.07) is 5.28. The van der Waals surface area contributed by atoms with Crippen molar-refractivity contribution in [1.29, 1.82) is 0 Å². The Balaban J connectivity index is 1.79. The van der Waals surface area contributed by atoms with Gasteiger partial charge in [0.1, 0.15) is 0 Å². The van der Waals surface area contributed by atoms with Crippen LogP contribution >= 0.6 is 0 Å². The highest BCUT2D eigenvalue weighted by molar-refractivity contribution is 5.73. The molecule has 3 atom stereocenters. The van der Waals surface area contributed by atoms with Crippen LogP contribution in [-0.2, 0) is 4.79 Å². The number of carbonyl (C=O) groups is 1. The first-order valence-electron chi connectivity index (χ1n) is 5.55. The number of ether oxygens (including phenoxy) is 2. The molecule has 1 aliphatic heterocycles. The predicted octanol–water partition coefficient (Wildman–Crippen LogP) is 1.14. The molecule has 1 heterocycles. The first kappa shape index (κ1) is 10.4. The van der Waals surface area contributed by atoms with Crippen LogP contribution in [0.4, 0.5) is 0 Å². The summed E-state index contributed by atoms with van der Waals surface area (Å²) in [7, 11) is 0. The van der Waals surface area contributed by atoms with Crippen LogP contribution in [-0.4, -0.2) is 17.9 Å². The minimum absolute atomic E-state index is 0.0351. The fraction of sp³-hybridized carbons (Fsp3) is 0.417. The third-order valence-electron chi connectivity index (χ3n) is 3.40. The highest BCUT2D eigenvalue weighted by atomic mass is 16.7. The SMILES string of the molecule is NC(c1ccc2c(c1)OCO2)C1CC1C(=O)O. The fourth-order valence-electron chi connectivity index (χ4n) is 2.26. The molecule has 0 aromatic heterocycles. The van der Waals surface area contributed by atoms with Crippen molar-refractivity contribution in [3.05, 3.63) is 23.8 Å². The number of fused-ring (bicyclic) bond motifs is 1. The van der Waals surface area contributed by atoms with E-state index in [1.165, 1.54) is 0 Å². The summed E-state index contributed by atoms with van der Waals surface area (Å²) in [5, 5.41) is 8.87. The van der Waals surface area contributed by atoms with E-state index in [0.717, 1.165) is 5.56 Å². The summed E-state index contributed by atoms with van der Waals surface area (Å²) in [6.07, 6.45) is 0.658. The number of hydrogen-bond donors (Lipinski definition) is 2. The van der Waals surface area contributed by atoms with Crippen molar-refractivity contribution >= 4 is 5.97 Å². The summed E-state index contributed by atoms with van der Waals surface area (Å²) >= 11 is 0. The smallest absolute Gasteiger partial charge is 0.306 e. The molecular weight excluding hydrogens is 222 g/mol. The summed E-state index contributed by atoms with van der Waals surface area (Å²) in [5.74, 6) is 0.381. The second-order valence-electron chi connectivity index (χ2n) is 4.48. The number of aliphatic carboxylic acids is 1. The average Bonchev–Trinajstić information content (AvgIpc) is 2.99. The lowest BCUT2D eigenvalue weighted by atomic mass is 10.0. The van der Waals surface area contributed by atoms with Crippen molar-refractivity contribution in [2.24, 2.45) is 17.6 Å². The van der Waals surface area contributed by atoms with Gasteiger partial charge in [-0.25, -0.2) is 0 Å². The van der Waals surface area contributed by atoms with Crippen molar-refractivity contribution in [2.45, 2.75) is 12.5 Å². The monoisotopic (exact) mass is 235 g/mol. The molecule has 17 heavy (non-hydrogen) atoms. The van der Waals surface area contributed by atoms with Crippen LogP contribution in [0.2, 0.25) is 0 Å². The molecule has 1 fully saturated rings. The lowest BCUT2D eigenvalue weighted by Gasteiger charge is -2.11. The van der Waals surface area contributed by atoms with E-state index < -0.39 is 5.97 Å². The lowest BCUT2D eigenvalue weighted by Crippen LogP contribution is -2.15. The summed E-state index contributed by atoms with van der Waals surface area (Å²) in [5.41, 5.74) is 6.97. The zero-order valence-electron chi connectivity index (χ0n) is 9.13. The Morgan fingerprint density at radius 1 is 1.41 bits per heavy atom. The molecule has 0 saturated heterocycles. The van der Waals surface area contributed by atoms with E-state index in [1.807, 2.05) is 18.2 Å². The molecule has 5 nitrogen and oxygen atoms in total. The van der Waals surface area contributed by atoms with Crippen LogP contribution in [0.1, 0.15) is 18.0 Å². The Labute approximate surface area is 98.1 Å². The quantitative estimate of drug-likeness (QED) is 0.820. The van der Waals surface area contributed by atoms with Gasteiger partial charge in [-0.3, -0.25) is 4.79 Å². The molecule has 0 bridgehead atoms. The second kappa shape index (κ2) is 3.63. The average molecular weight is 235 g/mol.